The van der Waals surface area contributed by atoms with Crippen molar-refractivity contribution in [1.82, 2.24) is 14.5 Å². The molecule has 1 amide bonds. The Balaban J connectivity index is 1.56. The molecule has 1 N–H and O–H groups in total. The summed E-state index contributed by atoms with van der Waals surface area (Å²) in [6.45, 7) is 8.32. The van der Waals surface area contributed by atoms with Crippen LogP contribution in [0.5, 0.6) is 0 Å². The van der Waals surface area contributed by atoms with Crippen LogP contribution in [-0.2, 0) is 14.8 Å². The molecule has 2 aromatic rings. The highest BCUT2D eigenvalue weighted by atomic mass is 32.2. The zero-order valence-corrected chi connectivity index (χ0v) is 18.8. The number of nitrogens with zero attached hydrogens (tertiary/aromatic N) is 2. The van der Waals surface area contributed by atoms with Gasteiger partial charge in [-0.2, -0.15) is 4.31 Å². The molecule has 1 heterocycles. The molecule has 1 fully saturated rings. The third-order valence-electron chi connectivity index (χ3n) is 5.61. The molecule has 0 spiro atoms. The first-order chi connectivity index (χ1) is 14.3. The molecule has 1 unspecified atom stereocenters. The first-order valence-corrected chi connectivity index (χ1v) is 11.9. The van der Waals surface area contributed by atoms with E-state index in [2.05, 4.69) is 5.32 Å². The van der Waals surface area contributed by atoms with Crippen LogP contribution in [0.3, 0.4) is 0 Å². The number of amides is 1. The summed E-state index contributed by atoms with van der Waals surface area (Å²) < 4.78 is 27.4. The van der Waals surface area contributed by atoms with Crippen molar-refractivity contribution in [3.63, 3.8) is 0 Å². The highest BCUT2D eigenvalue weighted by molar-refractivity contribution is 7.89. The van der Waals surface area contributed by atoms with Gasteiger partial charge in [0.15, 0.2) is 0 Å². The highest BCUT2D eigenvalue weighted by Gasteiger charge is 2.27. The summed E-state index contributed by atoms with van der Waals surface area (Å²) >= 11 is 0. The Morgan fingerprint density at radius 2 is 1.70 bits per heavy atom. The molecule has 0 saturated carbocycles. The number of benzene rings is 2. The van der Waals surface area contributed by atoms with Gasteiger partial charge in [0.05, 0.1) is 17.5 Å². The summed E-state index contributed by atoms with van der Waals surface area (Å²) in [6.07, 6.45) is 0.700. The molecule has 6 nitrogen and oxygen atoms in total. The van der Waals surface area contributed by atoms with Crippen LogP contribution in [0, 0.1) is 13.8 Å². The largest absolute Gasteiger partial charge is 0.348 e. The van der Waals surface area contributed by atoms with Gasteiger partial charge >= 0.3 is 0 Å². The van der Waals surface area contributed by atoms with Gasteiger partial charge in [-0.25, -0.2) is 8.42 Å². The van der Waals surface area contributed by atoms with Crippen LogP contribution >= 0.6 is 0 Å². The van der Waals surface area contributed by atoms with Crippen molar-refractivity contribution in [3.8, 4) is 0 Å². The predicted octanol–water partition coefficient (Wildman–Crippen LogP) is 2.88. The fourth-order valence-corrected chi connectivity index (χ4v) is 5.32. The van der Waals surface area contributed by atoms with Gasteiger partial charge in [0.25, 0.3) is 0 Å². The molecule has 30 heavy (non-hydrogen) atoms. The number of hydrogen-bond donors (Lipinski definition) is 1. The van der Waals surface area contributed by atoms with Crippen molar-refractivity contribution in [1.29, 1.82) is 0 Å². The number of rotatable bonds is 6. The van der Waals surface area contributed by atoms with Crippen LogP contribution in [-0.4, -0.2) is 56.3 Å². The van der Waals surface area contributed by atoms with Gasteiger partial charge in [-0.3, -0.25) is 9.69 Å². The number of carbonyl (C=O) groups excluding carboxylic acids is 1. The minimum absolute atomic E-state index is 0.0411. The average molecular weight is 430 g/mol. The molecule has 0 aromatic heterocycles. The summed E-state index contributed by atoms with van der Waals surface area (Å²) in [7, 11) is -3.51. The summed E-state index contributed by atoms with van der Waals surface area (Å²) in [6, 6.07) is 14.9. The van der Waals surface area contributed by atoms with Crippen molar-refractivity contribution < 1.29 is 13.2 Å². The quantitative estimate of drug-likeness (QED) is 0.767. The second-order valence-electron chi connectivity index (χ2n) is 7.99. The monoisotopic (exact) mass is 429 g/mol. The lowest BCUT2D eigenvalue weighted by Gasteiger charge is -2.23. The van der Waals surface area contributed by atoms with Gasteiger partial charge in [0.1, 0.15) is 0 Å². The molecule has 1 aliphatic rings. The summed E-state index contributed by atoms with van der Waals surface area (Å²) in [5.74, 6) is -0.0411. The molecule has 0 bridgehead atoms. The van der Waals surface area contributed by atoms with Crippen LogP contribution < -0.4 is 5.32 Å². The number of hydrogen-bond acceptors (Lipinski definition) is 4. The standard InChI is InChI=1S/C23H31N3O3S/c1-18-9-11-21(12-10-18)30(28,29)26-14-6-13-25(15-16-26)17-23(27)24-20(3)22-8-5-4-7-19(22)2/h4-5,7-12,20H,6,13-17H2,1-3H3,(H,24,27). The number of sulfonamides is 1. The van der Waals surface area contributed by atoms with Crippen molar-refractivity contribution in [3.05, 3.63) is 65.2 Å². The molecule has 0 aliphatic carbocycles. The summed E-state index contributed by atoms with van der Waals surface area (Å²) in [5.41, 5.74) is 3.29. The van der Waals surface area contributed by atoms with Crippen LogP contribution in [0.4, 0.5) is 0 Å². The Bertz CT molecular complexity index is 973. The lowest BCUT2D eigenvalue weighted by molar-refractivity contribution is -0.122. The Labute approximate surface area is 179 Å². The van der Waals surface area contributed by atoms with E-state index in [0.29, 0.717) is 37.5 Å². The van der Waals surface area contributed by atoms with Crippen LogP contribution in [0.2, 0.25) is 0 Å². The van der Waals surface area contributed by atoms with E-state index in [1.165, 1.54) is 4.31 Å². The molecule has 3 rings (SSSR count). The number of aryl methyl sites for hydroxylation is 2. The van der Waals surface area contributed by atoms with E-state index in [1.807, 2.05) is 62.1 Å². The van der Waals surface area contributed by atoms with E-state index in [9.17, 15) is 13.2 Å². The average Bonchev–Trinajstić information content (AvgIpc) is 2.94. The lowest BCUT2D eigenvalue weighted by Crippen LogP contribution is -2.40. The fourth-order valence-electron chi connectivity index (χ4n) is 3.85. The topological polar surface area (TPSA) is 69.7 Å². The normalized spacial score (nSPS) is 17.3. The molecule has 162 valence electrons. The maximum Gasteiger partial charge on any atom is 0.243 e. The first kappa shape index (κ1) is 22.5. The first-order valence-electron chi connectivity index (χ1n) is 10.4. The number of nitrogens with one attached hydrogen (secondary N) is 1. The Hall–Kier alpha value is -2.22. The van der Waals surface area contributed by atoms with Crippen molar-refractivity contribution in [2.75, 3.05) is 32.7 Å². The zero-order chi connectivity index (χ0) is 21.7. The van der Waals surface area contributed by atoms with Gasteiger partial charge in [-0.1, -0.05) is 42.0 Å². The molecule has 0 radical (unpaired) electrons. The van der Waals surface area contributed by atoms with Crippen molar-refractivity contribution >= 4 is 15.9 Å². The van der Waals surface area contributed by atoms with E-state index in [-0.39, 0.29) is 18.5 Å². The third kappa shape index (κ3) is 5.47. The minimum Gasteiger partial charge on any atom is -0.348 e. The molecular formula is C23H31N3O3S. The van der Waals surface area contributed by atoms with E-state index in [0.717, 1.165) is 16.7 Å². The Morgan fingerprint density at radius 1 is 1.00 bits per heavy atom. The second-order valence-corrected chi connectivity index (χ2v) is 9.93. The molecule has 2 aromatic carbocycles. The SMILES string of the molecule is Cc1ccc(S(=O)(=O)N2CCCN(CC(=O)NC(C)c3ccccc3C)CC2)cc1. The second kappa shape index (κ2) is 9.73. The maximum atomic E-state index is 12.9. The van der Waals surface area contributed by atoms with Gasteiger partial charge < -0.3 is 5.32 Å². The molecule has 7 heteroatoms. The lowest BCUT2D eigenvalue weighted by atomic mass is 10.0. The van der Waals surface area contributed by atoms with Gasteiger partial charge in [-0.15, -0.1) is 0 Å². The zero-order valence-electron chi connectivity index (χ0n) is 18.0. The van der Waals surface area contributed by atoms with Gasteiger partial charge in [0, 0.05) is 19.6 Å². The summed E-state index contributed by atoms with van der Waals surface area (Å²) in [4.78, 5) is 14.9. The van der Waals surface area contributed by atoms with E-state index >= 15 is 0 Å². The van der Waals surface area contributed by atoms with Crippen LogP contribution in [0.15, 0.2) is 53.4 Å². The van der Waals surface area contributed by atoms with Crippen LogP contribution in [0.25, 0.3) is 0 Å². The Kier molecular flexibility index (Phi) is 7.28. The smallest absolute Gasteiger partial charge is 0.243 e. The maximum absolute atomic E-state index is 12.9. The minimum atomic E-state index is -3.51. The Morgan fingerprint density at radius 3 is 2.40 bits per heavy atom. The van der Waals surface area contributed by atoms with Crippen molar-refractivity contribution in [2.45, 2.75) is 38.1 Å². The van der Waals surface area contributed by atoms with Gasteiger partial charge in [0.2, 0.25) is 15.9 Å². The molecular weight excluding hydrogens is 398 g/mol. The van der Waals surface area contributed by atoms with E-state index < -0.39 is 10.0 Å². The van der Waals surface area contributed by atoms with Crippen molar-refractivity contribution in [2.24, 2.45) is 0 Å². The van der Waals surface area contributed by atoms with E-state index in [1.54, 1.807) is 12.1 Å². The van der Waals surface area contributed by atoms with Gasteiger partial charge in [-0.05, 0) is 57.0 Å². The molecule has 1 saturated heterocycles. The van der Waals surface area contributed by atoms with Crippen LogP contribution in [0.1, 0.15) is 36.1 Å². The molecule has 1 atom stereocenters. The highest BCUT2D eigenvalue weighted by Crippen LogP contribution is 2.19. The third-order valence-corrected chi connectivity index (χ3v) is 7.52. The number of carbonyl (C=O) groups is 1. The summed E-state index contributed by atoms with van der Waals surface area (Å²) in [5, 5.41) is 3.06. The fraction of sp³-hybridized carbons (Fsp3) is 0.435. The van der Waals surface area contributed by atoms with E-state index in [4.69, 9.17) is 0 Å². The predicted molar refractivity (Wildman–Crippen MR) is 119 cm³/mol. The molecule has 1 aliphatic heterocycles.